The molecule has 10 nitrogen and oxygen atoms in total. The summed E-state index contributed by atoms with van der Waals surface area (Å²) < 4.78 is 5.50. The van der Waals surface area contributed by atoms with Crippen LogP contribution in [-0.2, 0) is 9.53 Å². The molecule has 1 aliphatic heterocycles. The highest BCUT2D eigenvalue weighted by Gasteiger charge is 2.36. The lowest BCUT2D eigenvalue weighted by atomic mass is 9.94. The Morgan fingerprint density at radius 1 is 1.19 bits per heavy atom. The number of urea groups is 1. The van der Waals surface area contributed by atoms with Gasteiger partial charge in [-0.3, -0.25) is 19.8 Å². The van der Waals surface area contributed by atoms with Gasteiger partial charge in [0.05, 0.1) is 23.1 Å². The number of non-ortho nitro benzene ring substituents is 1. The number of carbonyl (C=O) groups excluding carboxylic acids is 3. The van der Waals surface area contributed by atoms with Crippen LogP contribution in [0.2, 0.25) is 0 Å². The van der Waals surface area contributed by atoms with E-state index < -0.39 is 22.8 Å². The molecule has 10 heteroatoms. The number of nitro benzene ring substituents is 1. The average Bonchev–Trinajstić information content (AvgIpc) is 2.85. The standard InChI is InChI=1S/C26H30N4O6/c1-5-13-29-17(4)22(25(32)36-15-16(2)3)23(28-26(29)33)18-9-11-20(12-10-18)27-24(31)19-7-6-8-21(14-19)30(34)35/h6-12,14,16,23H,5,13,15H2,1-4H3,(H,27,31)(H,28,33). The number of benzene rings is 2. The first-order chi connectivity index (χ1) is 17.1. The Morgan fingerprint density at radius 3 is 2.50 bits per heavy atom. The molecule has 0 saturated carbocycles. The molecule has 0 aliphatic carbocycles. The third-order valence-electron chi connectivity index (χ3n) is 5.63. The molecule has 3 amide bonds. The molecule has 36 heavy (non-hydrogen) atoms. The molecule has 0 fully saturated rings. The van der Waals surface area contributed by atoms with Crippen molar-refractivity contribution < 1.29 is 24.0 Å². The highest BCUT2D eigenvalue weighted by Crippen LogP contribution is 2.32. The number of allylic oxidation sites excluding steroid dienone is 1. The Morgan fingerprint density at radius 2 is 1.89 bits per heavy atom. The first kappa shape index (κ1) is 26.4. The highest BCUT2D eigenvalue weighted by atomic mass is 16.6. The number of amides is 3. The fourth-order valence-electron chi connectivity index (χ4n) is 3.83. The first-order valence-corrected chi connectivity index (χ1v) is 11.7. The van der Waals surface area contributed by atoms with Crippen molar-refractivity contribution in [2.45, 2.75) is 40.2 Å². The normalized spacial score (nSPS) is 15.5. The van der Waals surface area contributed by atoms with E-state index in [9.17, 15) is 24.5 Å². The number of ether oxygens (including phenoxy) is 1. The van der Waals surface area contributed by atoms with Gasteiger partial charge < -0.3 is 15.4 Å². The summed E-state index contributed by atoms with van der Waals surface area (Å²) in [6, 6.07) is 11.1. The molecule has 1 unspecified atom stereocenters. The van der Waals surface area contributed by atoms with E-state index in [1.54, 1.807) is 31.2 Å². The third kappa shape index (κ3) is 6.07. The van der Waals surface area contributed by atoms with Crippen molar-refractivity contribution in [1.82, 2.24) is 10.2 Å². The number of rotatable bonds is 9. The Bertz CT molecular complexity index is 1190. The zero-order valence-electron chi connectivity index (χ0n) is 20.7. The fourth-order valence-corrected chi connectivity index (χ4v) is 3.83. The molecule has 2 aromatic carbocycles. The van der Waals surface area contributed by atoms with E-state index in [-0.39, 0.29) is 29.8 Å². The summed E-state index contributed by atoms with van der Waals surface area (Å²) in [5.41, 5.74) is 1.97. The molecule has 0 radical (unpaired) electrons. The number of anilines is 1. The Kier molecular flexibility index (Phi) is 8.42. The minimum absolute atomic E-state index is 0.151. The van der Waals surface area contributed by atoms with Crippen LogP contribution in [0, 0.1) is 16.0 Å². The third-order valence-corrected chi connectivity index (χ3v) is 5.63. The van der Waals surface area contributed by atoms with Crippen LogP contribution in [-0.4, -0.2) is 40.9 Å². The second-order valence-corrected chi connectivity index (χ2v) is 8.91. The van der Waals surface area contributed by atoms with Gasteiger partial charge in [-0.1, -0.05) is 39.0 Å². The summed E-state index contributed by atoms with van der Waals surface area (Å²) in [6.45, 7) is 8.29. The van der Waals surface area contributed by atoms with Gasteiger partial charge in [-0.15, -0.1) is 0 Å². The highest BCUT2D eigenvalue weighted by molar-refractivity contribution is 6.04. The average molecular weight is 495 g/mol. The fraction of sp³-hybridized carbons (Fsp3) is 0.346. The van der Waals surface area contributed by atoms with Crippen molar-refractivity contribution >= 4 is 29.3 Å². The number of hydrogen-bond acceptors (Lipinski definition) is 6. The van der Waals surface area contributed by atoms with E-state index in [4.69, 9.17) is 4.74 Å². The molecular weight excluding hydrogens is 464 g/mol. The number of esters is 1. The van der Waals surface area contributed by atoms with Crippen molar-refractivity contribution in [2.75, 3.05) is 18.5 Å². The maximum absolute atomic E-state index is 13.0. The molecule has 1 heterocycles. The minimum Gasteiger partial charge on any atom is -0.462 e. The SMILES string of the molecule is CCCN1C(=O)NC(c2ccc(NC(=O)c3cccc([N+](=O)[O-])c3)cc2)C(C(=O)OCC(C)C)=C1C. The van der Waals surface area contributed by atoms with Crippen LogP contribution in [0.25, 0.3) is 0 Å². The quantitative estimate of drug-likeness (QED) is 0.293. The van der Waals surface area contributed by atoms with Gasteiger partial charge in [0.25, 0.3) is 11.6 Å². The van der Waals surface area contributed by atoms with E-state index in [0.717, 1.165) is 6.42 Å². The van der Waals surface area contributed by atoms with E-state index in [1.165, 1.54) is 29.2 Å². The second kappa shape index (κ2) is 11.5. The molecule has 0 aromatic heterocycles. The molecule has 2 N–H and O–H groups in total. The van der Waals surface area contributed by atoms with Gasteiger partial charge in [0.1, 0.15) is 0 Å². The van der Waals surface area contributed by atoms with E-state index >= 15 is 0 Å². The largest absolute Gasteiger partial charge is 0.462 e. The molecule has 0 spiro atoms. The van der Waals surface area contributed by atoms with E-state index in [0.29, 0.717) is 29.1 Å². The number of nitro groups is 1. The lowest BCUT2D eigenvalue weighted by Gasteiger charge is -2.35. The summed E-state index contributed by atoms with van der Waals surface area (Å²) in [6.07, 6.45) is 0.725. The Hall–Kier alpha value is -4.21. The maximum atomic E-state index is 13.0. The van der Waals surface area contributed by atoms with Crippen LogP contribution in [0.15, 0.2) is 59.8 Å². The molecule has 1 atom stereocenters. The monoisotopic (exact) mass is 494 g/mol. The van der Waals surface area contributed by atoms with Crippen LogP contribution in [0.4, 0.5) is 16.2 Å². The predicted molar refractivity (Wildman–Crippen MR) is 134 cm³/mol. The van der Waals surface area contributed by atoms with Crippen LogP contribution in [0.3, 0.4) is 0 Å². The van der Waals surface area contributed by atoms with Crippen LogP contribution >= 0.6 is 0 Å². The number of hydrogen-bond donors (Lipinski definition) is 2. The Labute approximate surface area is 209 Å². The first-order valence-electron chi connectivity index (χ1n) is 11.7. The van der Waals surface area contributed by atoms with Crippen molar-refractivity contribution in [3.05, 3.63) is 81.0 Å². The van der Waals surface area contributed by atoms with Crippen LogP contribution < -0.4 is 10.6 Å². The molecule has 1 aliphatic rings. The van der Waals surface area contributed by atoms with Gasteiger partial charge in [-0.2, -0.15) is 0 Å². The van der Waals surface area contributed by atoms with Gasteiger partial charge in [-0.25, -0.2) is 9.59 Å². The van der Waals surface area contributed by atoms with Gasteiger partial charge in [0, 0.05) is 35.6 Å². The number of nitrogens with zero attached hydrogens (tertiary/aromatic N) is 2. The molecular formula is C26H30N4O6. The van der Waals surface area contributed by atoms with E-state index in [2.05, 4.69) is 10.6 Å². The lowest BCUT2D eigenvalue weighted by molar-refractivity contribution is -0.384. The zero-order chi connectivity index (χ0) is 26.4. The predicted octanol–water partition coefficient (Wildman–Crippen LogP) is 4.80. The van der Waals surface area contributed by atoms with Crippen molar-refractivity contribution in [2.24, 2.45) is 5.92 Å². The Balaban J connectivity index is 1.85. The molecule has 0 saturated heterocycles. The second-order valence-electron chi connectivity index (χ2n) is 8.91. The van der Waals surface area contributed by atoms with Crippen molar-refractivity contribution in [3.63, 3.8) is 0 Å². The summed E-state index contributed by atoms with van der Waals surface area (Å²) in [4.78, 5) is 50.3. The summed E-state index contributed by atoms with van der Waals surface area (Å²) in [5, 5.41) is 16.6. The van der Waals surface area contributed by atoms with Gasteiger partial charge >= 0.3 is 12.0 Å². The number of carbonyl (C=O) groups is 3. The van der Waals surface area contributed by atoms with Crippen molar-refractivity contribution in [3.8, 4) is 0 Å². The van der Waals surface area contributed by atoms with Crippen LogP contribution in [0.1, 0.15) is 56.1 Å². The summed E-state index contributed by atoms with van der Waals surface area (Å²) in [5.74, 6) is -0.830. The van der Waals surface area contributed by atoms with E-state index in [1.807, 2.05) is 20.8 Å². The number of nitrogens with one attached hydrogen (secondary N) is 2. The van der Waals surface area contributed by atoms with Crippen LogP contribution in [0.5, 0.6) is 0 Å². The minimum atomic E-state index is -0.716. The topological polar surface area (TPSA) is 131 Å². The van der Waals surface area contributed by atoms with Crippen molar-refractivity contribution in [1.29, 1.82) is 0 Å². The van der Waals surface area contributed by atoms with Gasteiger partial charge in [-0.05, 0) is 43.0 Å². The molecule has 190 valence electrons. The lowest BCUT2D eigenvalue weighted by Crippen LogP contribution is -2.48. The molecule has 0 bridgehead atoms. The summed E-state index contributed by atoms with van der Waals surface area (Å²) >= 11 is 0. The van der Waals surface area contributed by atoms with Gasteiger partial charge in [0.15, 0.2) is 0 Å². The summed E-state index contributed by atoms with van der Waals surface area (Å²) in [7, 11) is 0. The molecule has 3 rings (SSSR count). The molecule has 2 aromatic rings. The zero-order valence-corrected chi connectivity index (χ0v) is 20.7. The van der Waals surface area contributed by atoms with Gasteiger partial charge in [0.2, 0.25) is 0 Å². The maximum Gasteiger partial charge on any atom is 0.338 e. The smallest absolute Gasteiger partial charge is 0.338 e.